The summed E-state index contributed by atoms with van der Waals surface area (Å²) in [5, 5.41) is 1.09. The molecule has 2 rings (SSSR count). The van der Waals surface area contributed by atoms with Crippen LogP contribution >= 0.6 is 11.8 Å². The van der Waals surface area contributed by atoms with Gasteiger partial charge in [0.05, 0.1) is 0 Å². The number of hydrogen-bond acceptors (Lipinski definition) is 2. The molecule has 1 aromatic heterocycles. The van der Waals surface area contributed by atoms with E-state index >= 15 is 0 Å². The molecule has 0 N–H and O–H groups in total. The highest BCUT2D eigenvalue weighted by atomic mass is 32.2. The van der Waals surface area contributed by atoms with Gasteiger partial charge in [0.15, 0.2) is 0 Å². The van der Waals surface area contributed by atoms with Gasteiger partial charge in [-0.25, -0.2) is 4.98 Å². The van der Waals surface area contributed by atoms with Gasteiger partial charge in [-0.3, -0.25) is 0 Å². The third-order valence-corrected chi connectivity index (χ3v) is 3.67. The van der Waals surface area contributed by atoms with Crippen LogP contribution in [0.1, 0.15) is 25.1 Å². The average molecular weight is 243 g/mol. The normalized spacial score (nSPS) is 10.5. The highest BCUT2D eigenvalue weighted by Crippen LogP contribution is 2.26. The second kappa shape index (κ2) is 5.87. The van der Waals surface area contributed by atoms with E-state index in [2.05, 4.69) is 50.2 Å². The van der Waals surface area contributed by atoms with E-state index in [0.717, 1.165) is 17.9 Å². The summed E-state index contributed by atoms with van der Waals surface area (Å²) in [5.74, 6) is 0. The van der Waals surface area contributed by atoms with Crippen molar-refractivity contribution in [3.63, 3.8) is 0 Å². The lowest BCUT2D eigenvalue weighted by atomic mass is 10.1. The molecule has 88 valence electrons. The summed E-state index contributed by atoms with van der Waals surface area (Å²) in [6, 6.07) is 14.7. The molecule has 0 aliphatic carbocycles. The molecular weight excluding hydrogens is 226 g/mol. The van der Waals surface area contributed by atoms with Crippen LogP contribution in [0.4, 0.5) is 0 Å². The molecule has 2 aromatic rings. The maximum absolute atomic E-state index is 4.72. The first-order valence-corrected chi connectivity index (χ1v) is 6.86. The van der Waals surface area contributed by atoms with Gasteiger partial charge >= 0.3 is 0 Å². The number of hydrogen-bond donors (Lipinski definition) is 0. The van der Waals surface area contributed by atoms with Crippen molar-refractivity contribution in [3.8, 4) is 0 Å². The molecule has 1 nitrogen and oxygen atoms in total. The maximum atomic E-state index is 4.72. The predicted octanol–water partition coefficient (Wildman–Crippen LogP) is 4.36. The molecular formula is C15H17NS. The van der Waals surface area contributed by atoms with E-state index in [1.54, 1.807) is 11.8 Å². The summed E-state index contributed by atoms with van der Waals surface area (Å²) in [7, 11) is 0. The second-order valence-electron chi connectivity index (χ2n) is 3.88. The van der Waals surface area contributed by atoms with Crippen LogP contribution in [0.15, 0.2) is 52.4 Å². The van der Waals surface area contributed by atoms with E-state index in [1.165, 1.54) is 16.2 Å². The van der Waals surface area contributed by atoms with Crippen molar-refractivity contribution in [2.24, 2.45) is 0 Å². The molecule has 0 saturated carbocycles. The van der Waals surface area contributed by atoms with Crippen LogP contribution in [-0.2, 0) is 12.8 Å². The fourth-order valence-corrected chi connectivity index (χ4v) is 2.63. The molecule has 0 unspecified atom stereocenters. The quantitative estimate of drug-likeness (QED) is 0.791. The topological polar surface area (TPSA) is 12.9 Å². The van der Waals surface area contributed by atoms with Gasteiger partial charge in [0.1, 0.15) is 5.03 Å². The maximum Gasteiger partial charge on any atom is 0.101 e. The molecule has 0 amide bonds. The van der Waals surface area contributed by atoms with E-state index in [1.807, 2.05) is 6.07 Å². The van der Waals surface area contributed by atoms with Crippen molar-refractivity contribution < 1.29 is 0 Å². The largest absolute Gasteiger partial charge is 0.246 e. The molecule has 0 aliphatic rings. The van der Waals surface area contributed by atoms with Crippen LogP contribution in [0.2, 0.25) is 0 Å². The minimum Gasteiger partial charge on any atom is -0.246 e. The zero-order chi connectivity index (χ0) is 12.1. The molecule has 1 aromatic carbocycles. The Balaban J connectivity index is 2.22. The smallest absolute Gasteiger partial charge is 0.101 e. The lowest BCUT2D eigenvalue weighted by molar-refractivity contribution is 0.918. The number of pyridine rings is 1. The molecule has 0 bridgehead atoms. The average Bonchev–Trinajstić information content (AvgIpc) is 2.40. The number of nitrogens with zero attached hydrogens (tertiary/aromatic N) is 1. The Morgan fingerprint density at radius 2 is 1.71 bits per heavy atom. The van der Waals surface area contributed by atoms with Gasteiger partial charge in [-0.1, -0.05) is 49.9 Å². The summed E-state index contributed by atoms with van der Waals surface area (Å²) < 4.78 is 0. The number of benzene rings is 1. The van der Waals surface area contributed by atoms with E-state index in [-0.39, 0.29) is 0 Å². The zero-order valence-electron chi connectivity index (χ0n) is 10.3. The van der Waals surface area contributed by atoms with E-state index in [0.29, 0.717) is 0 Å². The van der Waals surface area contributed by atoms with Crippen molar-refractivity contribution in [1.82, 2.24) is 4.98 Å². The van der Waals surface area contributed by atoms with Crippen LogP contribution in [-0.4, -0.2) is 4.98 Å². The summed E-state index contributed by atoms with van der Waals surface area (Å²) in [6.45, 7) is 4.35. The predicted molar refractivity (Wildman–Crippen MR) is 73.6 cm³/mol. The fourth-order valence-electron chi connectivity index (χ4n) is 1.80. The first-order chi connectivity index (χ1) is 8.33. The highest BCUT2D eigenvalue weighted by molar-refractivity contribution is 7.99. The third-order valence-electron chi connectivity index (χ3n) is 2.72. The van der Waals surface area contributed by atoms with E-state index in [4.69, 9.17) is 4.98 Å². The van der Waals surface area contributed by atoms with Gasteiger partial charge in [0.25, 0.3) is 0 Å². The first-order valence-electron chi connectivity index (χ1n) is 6.05. The van der Waals surface area contributed by atoms with Crippen LogP contribution in [0, 0.1) is 0 Å². The number of aryl methyl sites for hydroxylation is 2. The second-order valence-corrected chi connectivity index (χ2v) is 4.97. The Morgan fingerprint density at radius 3 is 2.35 bits per heavy atom. The third kappa shape index (κ3) is 3.10. The summed E-state index contributed by atoms with van der Waals surface area (Å²) >= 11 is 1.73. The van der Waals surface area contributed by atoms with E-state index < -0.39 is 0 Å². The molecule has 0 spiro atoms. The SMILES string of the molecule is CCc1ccc(Sc2ccccc2)nc1CC. The Labute approximate surface area is 107 Å². The van der Waals surface area contributed by atoms with Crippen LogP contribution in [0.3, 0.4) is 0 Å². The molecule has 1 heterocycles. The molecule has 0 saturated heterocycles. The Hall–Kier alpha value is -1.28. The monoisotopic (exact) mass is 243 g/mol. The van der Waals surface area contributed by atoms with Crippen LogP contribution in [0.25, 0.3) is 0 Å². The van der Waals surface area contributed by atoms with Gasteiger partial charge in [-0.05, 0) is 36.6 Å². The summed E-state index contributed by atoms with van der Waals surface area (Å²) in [5.41, 5.74) is 2.60. The molecule has 2 heteroatoms. The lowest BCUT2D eigenvalue weighted by Gasteiger charge is -2.07. The first kappa shape index (κ1) is 12.2. The summed E-state index contributed by atoms with van der Waals surface area (Å²) in [4.78, 5) is 5.96. The van der Waals surface area contributed by atoms with Crippen LogP contribution in [0.5, 0.6) is 0 Å². The van der Waals surface area contributed by atoms with Gasteiger partial charge in [-0.2, -0.15) is 0 Å². The molecule has 0 atom stereocenters. The Bertz CT molecular complexity index is 480. The Kier molecular flexibility index (Phi) is 4.21. The van der Waals surface area contributed by atoms with Gasteiger partial charge in [-0.15, -0.1) is 0 Å². The lowest BCUT2D eigenvalue weighted by Crippen LogP contribution is -1.96. The number of aromatic nitrogens is 1. The van der Waals surface area contributed by atoms with Crippen molar-refractivity contribution in [3.05, 3.63) is 53.7 Å². The van der Waals surface area contributed by atoms with Gasteiger partial charge in [0, 0.05) is 10.6 Å². The zero-order valence-corrected chi connectivity index (χ0v) is 11.1. The van der Waals surface area contributed by atoms with Crippen molar-refractivity contribution in [2.75, 3.05) is 0 Å². The molecule has 0 aliphatic heterocycles. The van der Waals surface area contributed by atoms with Crippen molar-refractivity contribution in [2.45, 2.75) is 36.6 Å². The highest BCUT2D eigenvalue weighted by Gasteiger charge is 2.04. The van der Waals surface area contributed by atoms with Crippen molar-refractivity contribution in [1.29, 1.82) is 0 Å². The fraction of sp³-hybridized carbons (Fsp3) is 0.267. The molecule has 0 fully saturated rings. The van der Waals surface area contributed by atoms with Crippen LogP contribution < -0.4 is 0 Å². The number of rotatable bonds is 4. The molecule has 0 radical (unpaired) electrons. The van der Waals surface area contributed by atoms with Gasteiger partial charge in [0.2, 0.25) is 0 Å². The minimum absolute atomic E-state index is 1.01. The van der Waals surface area contributed by atoms with E-state index in [9.17, 15) is 0 Å². The summed E-state index contributed by atoms with van der Waals surface area (Å²) in [6.07, 6.45) is 2.07. The molecule has 17 heavy (non-hydrogen) atoms. The minimum atomic E-state index is 1.01. The van der Waals surface area contributed by atoms with Gasteiger partial charge < -0.3 is 0 Å². The Morgan fingerprint density at radius 1 is 0.941 bits per heavy atom. The standard InChI is InChI=1S/C15H17NS/c1-3-12-10-11-15(16-14(12)4-2)17-13-8-6-5-7-9-13/h5-11H,3-4H2,1-2H3. The van der Waals surface area contributed by atoms with Crippen molar-refractivity contribution >= 4 is 11.8 Å².